The Balaban J connectivity index is 2.52. The quantitative estimate of drug-likeness (QED) is 0.431. The van der Waals surface area contributed by atoms with Gasteiger partial charge in [-0.05, 0) is 12.8 Å². The molecule has 0 spiro atoms. The van der Waals surface area contributed by atoms with E-state index in [0.29, 0.717) is 12.8 Å². The van der Waals surface area contributed by atoms with Gasteiger partial charge in [0.05, 0.1) is 18.3 Å². The molecule has 4 atom stereocenters. The van der Waals surface area contributed by atoms with Crippen molar-refractivity contribution >= 4 is 0 Å². The van der Waals surface area contributed by atoms with E-state index in [2.05, 4.69) is 0 Å². The minimum atomic E-state index is -0.747. The Morgan fingerprint density at radius 1 is 1.00 bits per heavy atom. The van der Waals surface area contributed by atoms with E-state index < -0.39 is 18.3 Å². The minimum absolute atomic E-state index is 0.191. The lowest BCUT2D eigenvalue weighted by Crippen LogP contribution is -2.43. The molecule has 0 radical (unpaired) electrons. The number of aliphatic hydroxyl groups is 3. The van der Waals surface area contributed by atoms with Crippen molar-refractivity contribution in [2.75, 3.05) is 0 Å². The lowest BCUT2D eigenvalue weighted by atomic mass is 9.83. The molecule has 3 N–H and O–H groups in total. The average Bonchev–Trinajstić information content (AvgIpc) is 1.93. The molecule has 0 amide bonds. The fourth-order valence-corrected chi connectivity index (χ4v) is 1.35. The molecule has 60 valence electrons. The van der Waals surface area contributed by atoms with E-state index in [4.69, 9.17) is 5.11 Å². The molecule has 10 heavy (non-hydrogen) atoms. The van der Waals surface area contributed by atoms with Gasteiger partial charge in [-0.25, -0.2) is 0 Å². The highest BCUT2D eigenvalue weighted by Gasteiger charge is 2.33. The Hall–Kier alpha value is -0.120. The molecular weight excluding hydrogens is 132 g/mol. The first-order valence-electron chi connectivity index (χ1n) is 3.67. The molecule has 0 aliphatic heterocycles. The smallest absolute Gasteiger partial charge is 0.0849 e. The molecule has 0 aromatic heterocycles. The van der Waals surface area contributed by atoms with Crippen LogP contribution in [0, 0.1) is 5.92 Å². The van der Waals surface area contributed by atoms with Crippen LogP contribution in [0.15, 0.2) is 0 Å². The van der Waals surface area contributed by atoms with Gasteiger partial charge < -0.3 is 15.3 Å². The topological polar surface area (TPSA) is 60.7 Å². The van der Waals surface area contributed by atoms with Crippen LogP contribution in [-0.2, 0) is 0 Å². The monoisotopic (exact) mass is 146 g/mol. The van der Waals surface area contributed by atoms with Crippen LogP contribution in [0.5, 0.6) is 0 Å². The van der Waals surface area contributed by atoms with Gasteiger partial charge in [0.15, 0.2) is 0 Å². The molecule has 1 saturated carbocycles. The second kappa shape index (κ2) is 2.86. The van der Waals surface area contributed by atoms with E-state index in [1.165, 1.54) is 0 Å². The molecule has 1 fully saturated rings. The van der Waals surface area contributed by atoms with Crippen LogP contribution in [-0.4, -0.2) is 33.6 Å². The zero-order valence-corrected chi connectivity index (χ0v) is 6.07. The number of hydrogen-bond acceptors (Lipinski definition) is 3. The summed E-state index contributed by atoms with van der Waals surface area (Å²) in [4.78, 5) is 0. The molecule has 1 aliphatic rings. The number of aliphatic hydroxyl groups excluding tert-OH is 3. The van der Waals surface area contributed by atoms with Crippen molar-refractivity contribution in [2.45, 2.75) is 38.1 Å². The highest BCUT2D eigenvalue weighted by Crippen LogP contribution is 2.24. The fourth-order valence-electron chi connectivity index (χ4n) is 1.35. The van der Waals surface area contributed by atoms with Crippen molar-refractivity contribution in [1.82, 2.24) is 0 Å². The molecule has 1 aliphatic carbocycles. The van der Waals surface area contributed by atoms with E-state index in [0.717, 1.165) is 0 Å². The summed E-state index contributed by atoms with van der Waals surface area (Å²) < 4.78 is 0. The first kappa shape index (κ1) is 7.98. The van der Waals surface area contributed by atoms with Crippen LogP contribution in [0.4, 0.5) is 0 Å². The second-order valence-corrected chi connectivity index (χ2v) is 3.06. The van der Waals surface area contributed by atoms with Crippen LogP contribution in [0.1, 0.15) is 19.8 Å². The predicted octanol–water partition coefficient (Wildman–Crippen LogP) is -0.501. The van der Waals surface area contributed by atoms with E-state index in [9.17, 15) is 10.2 Å². The molecule has 0 bridgehead atoms. The summed E-state index contributed by atoms with van der Waals surface area (Å²) in [5.74, 6) is -0.191. The Morgan fingerprint density at radius 3 is 2.00 bits per heavy atom. The normalized spacial score (nSPS) is 49.2. The summed E-state index contributed by atoms with van der Waals surface area (Å²) in [5.41, 5.74) is 0. The zero-order valence-electron chi connectivity index (χ0n) is 6.07. The standard InChI is InChI=1S/C7H14O3/c1-4-5(8)2-3-6(9)7(4)10/h4-10H,2-3H2,1H3/t4-,5+,6-,7+/m1/s1. The van der Waals surface area contributed by atoms with Gasteiger partial charge in [0.2, 0.25) is 0 Å². The molecule has 3 nitrogen and oxygen atoms in total. The molecule has 1 rings (SSSR count). The molecule has 0 aromatic carbocycles. The van der Waals surface area contributed by atoms with Crippen molar-refractivity contribution in [1.29, 1.82) is 0 Å². The summed E-state index contributed by atoms with van der Waals surface area (Å²) in [7, 11) is 0. The summed E-state index contributed by atoms with van der Waals surface area (Å²) >= 11 is 0. The third-order valence-electron chi connectivity index (χ3n) is 2.30. The van der Waals surface area contributed by atoms with Crippen molar-refractivity contribution in [2.24, 2.45) is 5.92 Å². The van der Waals surface area contributed by atoms with E-state index in [1.807, 2.05) is 0 Å². The Morgan fingerprint density at radius 2 is 1.50 bits per heavy atom. The van der Waals surface area contributed by atoms with Crippen LogP contribution in [0.3, 0.4) is 0 Å². The van der Waals surface area contributed by atoms with Crippen LogP contribution >= 0.6 is 0 Å². The first-order valence-corrected chi connectivity index (χ1v) is 3.67. The predicted molar refractivity (Wildman–Crippen MR) is 36.4 cm³/mol. The summed E-state index contributed by atoms with van der Waals surface area (Å²) in [6.07, 6.45) is -0.730. The highest BCUT2D eigenvalue weighted by molar-refractivity contribution is 4.84. The lowest BCUT2D eigenvalue weighted by Gasteiger charge is -2.33. The van der Waals surface area contributed by atoms with Gasteiger partial charge in [-0.2, -0.15) is 0 Å². The van der Waals surface area contributed by atoms with Gasteiger partial charge in [-0.3, -0.25) is 0 Å². The largest absolute Gasteiger partial charge is 0.393 e. The van der Waals surface area contributed by atoms with Gasteiger partial charge in [-0.15, -0.1) is 0 Å². The van der Waals surface area contributed by atoms with Crippen molar-refractivity contribution < 1.29 is 15.3 Å². The number of rotatable bonds is 0. The molecule has 0 saturated heterocycles. The second-order valence-electron chi connectivity index (χ2n) is 3.06. The van der Waals surface area contributed by atoms with E-state index in [1.54, 1.807) is 6.92 Å². The molecule has 3 heteroatoms. The highest BCUT2D eigenvalue weighted by atomic mass is 16.3. The Kier molecular flexibility index (Phi) is 2.28. The molecular formula is C7H14O3. The third-order valence-corrected chi connectivity index (χ3v) is 2.30. The zero-order chi connectivity index (χ0) is 7.72. The fraction of sp³-hybridized carbons (Fsp3) is 1.00. The summed E-state index contributed by atoms with van der Waals surface area (Å²) in [6, 6.07) is 0. The molecule has 0 heterocycles. The first-order chi connectivity index (χ1) is 4.63. The van der Waals surface area contributed by atoms with Crippen LogP contribution in [0.25, 0.3) is 0 Å². The summed E-state index contributed by atoms with van der Waals surface area (Å²) in [6.45, 7) is 1.75. The van der Waals surface area contributed by atoms with Crippen molar-refractivity contribution in [3.05, 3.63) is 0 Å². The van der Waals surface area contributed by atoms with E-state index >= 15 is 0 Å². The van der Waals surface area contributed by atoms with Gasteiger partial charge in [0.25, 0.3) is 0 Å². The average molecular weight is 146 g/mol. The minimum Gasteiger partial charge on any atom is -0.393 e. The van der Waals surface area contributed by atoms with Gasteiger partial charge in [0.1, 0.15) is 0 Å². The SMILES string of the molecule is C[C@H]1[C@H](O)[C@H](O)CC[C@@H]1O. The molecule has 0 aromatic rings. The van der Waals surface area contributed by atoms with Gasteiger partial charge in [0, 0.05) is 5.92 Å². The van der Waals surface area contributed by atoms with Gasteiger partial charge >= 0.3 is 0 Å². The van der Waals surface area contributed by atoms with Crippen LogP contribution in [0.2, 0.25) is 0 Å². The van der Waals surface area contributed by atoms with Crippen molar-refractivity contribution in [3.8, 4) is 0 Å². The molecule has 0 unspecified atom stereocenters. The van der Waals surface area contributed by atoms with E-state index in [-0.39, 0.29) is 5.92 Å². The lowest BCUT2D eigenvalue weighted by molar-refractivity contribution is -0.0882. The van der Waals surface area contributed by atoms with Gasteiger partial charge in [-0.1, -0.05) is 6.92 Å². The maximum Gasteiger partial charge on any atom is 0.0849 e. The number of hydrogen-bond donors (Lipinski definition) is 3. The summed E-state index contributed by atoms with van der Waals surface area (Å²) in [5, 5.41) is 27.5. The van der Waals surface area contributed by atoms with Crippen molar-refractivity contribution in [3.63, 3.8) is 0 Å². The maximum atomic E-state index is 9.21. The van der Waals surface area contributed by atoms with Crippen LogP contribution < -0.4 is 0 Å². The maximum absolute atomic E-state index is 9.21. The third kappa shape index (κ3) is 1.31. The Labute approximate surface area is 60.3 Å². The Bertz CT molecular complexity index is 101.